The third kappa shape index (κ3) is 1.83. The first kappa shape index (κ1) is 9.36. The van der Waals surface area contributed by atoms with Crippen LogP contribution in [0.3, 0.4) is 0 Å². The van der Waals surface area contributed by atoms with Gasteiger partial charge in [-0.3, -0.25) is 0 Å². The lowest BCUT2D eigenvalue weighted by Gasteiger charge is -2.06. The summed E-state index contributed by atoms with van der Waals surface area (Å²) in [5.74, 6) is 0. The molecule has 1 aliphatic heterocycles. The van der Waals surface area contributed by atoms with Gasteiger partial charge in [-0.15, -0.1) is 0 Å². The molecular formula is C9H9NO3S. The Balaban J connectivity index is 2.10. The van der Waals surface area contributed by atoms with E-state index >= 15 is 0 Å². The van der Waals surface area contributed by atoms with Crippen molar-refractivity contribution in [2.75, 3.05) is 0 Å². The molecule has 1 aromatic rings. The summed E-state index contributed by atoms with van der Waals surface area (Å²) in [6, 6.07) is 9.51. The van der Waals surface area contributed by atoms with Gasteiger partial charge >= 0.3 is 0 Å². The van der Waals surface area contributed by atoms with Crippen LogP contribution in [0.5, 0.6) is 0 Å². The molecule has 0 aromatic heterocycles. The van der Waals surface area contributed by atoms with Gasteiger partial charge in [-0.25, -0.2) is 4.21 Å². The van der Waals surface area contributed by atoms with Gasteiger partial charge in [0.2, 0.25) is 11.1 Å². The van der Waals surface area contributed by atoms with Crippen LogP contribution in [0.4, 0.5) is 0 Å². The van der Waals surface area contributed by atoms with E-state index in [0.29, 0.717) is 6.42 Å². The topological polar surface area (TPSA) is 58.9 Å². The summed E-state index contributed by atoms with van der Waals surface area (Å²) in [6.07, 6.45) is 0.162. The number of oxime groups is 1. The SMILES string of the molecule is O=S(O)C1=NOC(c2ccccc2)C1. The van der Waals surface area contributed by atoms with E-state index in [0.717, 1.165) is 5.56 Å². The highest BCUT2D eigenvalue weighted by molar-refractivity contribution is 7.95. The van der Waals surface area contributed by atoms with Gasteiger partial charge in [0.1, 0.15) is 0 Å². The van der Waals surface area contributed by atoms with E-state index in [1.807, 2.05) is 30.3 Å². The van der Waals surface area contributed by atoms with Crippen LogP contribution >= 0.6 is 0 Å². The maximum atomic E-state index is 10.7. The van der Waals surface area contributed by atoms with Crippen molar-refractivity contribution in [1.82, 2.24) is 0 Å². The van der Waals surface area contributed by atoms with Crippen LogP contribution in [-0.2, 0) is 15.9 Å². The Bertz CT molecular complexity index is 377. The lowest BCUT2D eigenvalue weighted by molar-refractivity contribution is 0.0858. The molecule has 1 aromatic carbocycles. The summed E-state index contributed by atoms with van der Waals surface area (Å²) in [5, 5.41) is 3.75. The van der Waals surface area contributed by atoms with Crippen molar-refractivity contribution in [1.29, 1.82) is 0 Å². The zero-order valence-corrected chi connectivity index (χ0v) is 8.11. The monoisotopic (exact) mass is 211 g/mol. The quantitative estimate of drug-likeness (QED) is 0.719. The van der Waals surface area contributed by atoms with Gasteiger partial charge < -0.3 is 9.39 Å². The van der Waals surface area contributed by atoms with E-state index in [-0.39, 0.29) is 11.1 Å². The second-order valence-electron chi connectivity index (χ2n) is 2.94. The molecule has 0 fully saturated rings. The van der Waals surface area contributed by atoms with Gasteiger partial charge in [0.05, 0.1) is 0 Å². The molecule has 2 rings (SSSR count). The average molecular weight is 211 g/mol. The molecule has 2 unspecified atom stereocenters. The van der Waals surface area contributed by atoms with Crippen LogP contribution in [0.15, 0.2) is 35.5 Å². The molecule has 0 aliphatic carbocycles. The predicted molar refractivity (Wildman–Crippen MR) is 53.1 cm³/mol. The van der Waals surface area contributed by atoms with E-state index in [9.17, 15) is 4.21 Å². The first-order valence-corrected chi connectivity index (χ1v) is 5.26. The van der Waals surface area contributed by atoms with Crippen LogP contribution in [0.1, 0.15) is 18.1 Å². The molecular weight excluding hydrogens is 202 g/mol. The highest BCUT2D eigenvalue weighted by atomic mass is 32.2. The summed E-state index contributed by atoms with van der Waals surface area (Å²) in [6.45, 7) is 0. The largest absolute Gasteiger partial charge is 0.386 e. The Morgan fingerprint density at radius 2 is 2.14 bits per heavy atom. The molecule has 0 saturated heterocycles. The van der Waals surface area contributed by atoms with E-state index < -0.39 is 11.1 Å². The fourth-order valence-corrected chi connectivity index (χ4v) is 1.71. The van der Waals surface area contributed by atoms with Crippen LogP contribution in [-0.4, -0.2) is 13.8 Å². The molecule has 1 aliphatic rings. The molecule has 0 radical (unpaired) electrons. The second kappa shape index (κ2) is 3.89. The van der Waals surface area contributed by atoms with E-state index in [1.54, 1.807) is 0 Å². The molecule has 2 atom stereocenters. The Morgan fingerprint density at radius 3 is 2.71 bits per heavy atom. The lowest BCUT2D eigenvalue weighted by atomic mass is 10.1. The second-order valence-corrected chi connectivity index (χ2v) is 3.91. The van der Waals surface area contributed by atoms with Crippen molar-refractivity contribution < 1.29 is 13.6 Å². The van der Waals surface area contributed by atoms with Crippen molar-refractivity contribution in [2.24, 2.45) is 5.16 Å². The fraction of sp³-hybridized carbons (Fsp3) is 0.222. The normalized spacial score (nSPS) is 22.6. The third-order valence-electron chi connectivity index (χ3n) is 2.01. The number of hydrogen-bond donors (Lipinski definition) is 1. The average Bonchev–Trinajstić information content (AvgIpc) is 2.68. The summed E-state index contributed by atoms with van der Waals surface area (Å²) < 4.78 is 19.5. The van der Waals surface area contributed by atoms with Crippen LogP contribution in [0, 0.1) is 0 Å². The fourth-order valence-electron chi connectivity index (χ4n) is 1.31. The zero-order valence-electron chi connectivity index (χ0n) is 7.29. The molecule has 1 heterocycles. The number of benzene rings is 1. The third-order valence-corrected chi connectivity index (χ3v) is 2.66. The van der Waals surface area contributed by atoms with Crippen LogP contribution in [0.2, 0.25) is 0 Å². The van der Waals surface area contributed by atoms with Crippen molar-refractivity contribution in [2.45, 2.75) is 12.5 Å². The number of hydrogen-bond acceptors (Lipinski definition) is 3. The molecule has 14 heavy (non-hydrogen) atoms. The highest BCUT2D eigenvalue weighted by Gasteiger charge is 2.25. The van der Waals surface area contributed by atoms with Crippen molar-refractivity contribution >= 4 is 16.1 Å². The summed E-state index contributed by atoms with van der Waals surface area (Å²) in [4.78, 5) is 5.05. The predicted octanol–water partition coefficient (Wildman–Crippen LogP) is 1.68. The molecule has 0 spiro atoms. The standard InChI is InChI=1S/C9H9NO3S/c11-14(12)9-6-8(13-10-9)7-4-2-1-3-5-7/h1-5,8H,6H2,(H,11,12). The number of nitrogens with zero attached hydrogens (tertiary/aromatic N) is 1. The summed E-state index contributed by atoms with van der Waals surface area (Å²) in [5.41, 5.74) is 0.969. The van der Waals surface area contributed by atoms with Gasteiger partial charge in [-0.1, -0.05) is 35.5 Å². The Morgan fingerprint density at radius 1 is 1.43 bits per heavy atom. The molecule has 4 nitrogen and oxygen atoms in total. The van der Waals surface area contributed by atoms with Gasteiger partial charge in [-0.2, -0.15) is 0 Å². The maximum Gasteiger partial charge on any atom is 0.204 e. The summed E-state index contributed by atoms with van der Waals surface area (Å²) in [7, 11) is 0. The first-order chi connectivity index (χ1) is 6.77. The minimum absolute atomic E-state index is 0.193. The molecule has 1 N–H and O–H groups in total. The lowest BCUT2D eigenvalue weighted by Crippen LogP contribution is -2.04. The Hall–Kier alpha value is -1.20. The maximum absolute atomic E-state index is 10.7. The Labute approximate surface area is 83.9 Å². The van der Waals surface area contributed by atoms with E-state index in [1.165, 1.54) is 0 Å². The van der Waals surface area contributed by atoms with Crippen molar-refractivity contribution in [3.05, 3.63) is 35.9 Å². The highest BCUT2D eigenvalue weighted by Crippen LogP contribution is 2.27. The minimum atomic E-state index is -2.01. The van der Waals surface area contributed by atoms with Crippen molar-refractivity contribution in [3.63, 3.8) is 0 Å². The molecule has 0 amide bonds. The van der Waals surface area contributed by atoms with Gasteiger partial charge in [0, 0.05) is 6.42 Å². The minimum Gasteiger partial charge on any atom is -0.386 e. The van der Waals surface area contributed by atoms with Gasteiger partial charge in [0.15, 0.2) is 11.1 Å². The summed E-state index contributed by atoms with van der Waals surface area (Å²) >= 11 is -2.01. The molecule has 74 valence electrons. The zero-order chi connectivity index (χ0) is 9.97. The first-order valence-electron chi connectivity index (χ1n) is 4.16. The molecule has 5 heteroatoms. The Kier molecular flexibility index (Phi) is 2.60. The smallest absolute Gasteiger partial charge is 0.204 e. The molecule has 0 bridgehead atoms. The number of rotatable bonds is 1. The van der Waals surface area contributed by atoms with E-state index in [2.05, 4.69) is 5.16 Å². The van der Waals surface area contributed by atoms with E-state index in [4.69, 9.17) is 9.39 Å². The molecule has 0 saturated carbocycles. The van der Waals surface area contributed by atoms with Crippen molar-refractivity contribution in [3.8, 4) is 0 Å². The van der Waals surface area contributed by atoms with Crippen LogP contribution < -0.4 is 0 Å². The van der Waals surface area contributed by atoms with Crippen LogP contribution in [0.25, 0.3) is 0 Å². The van der Waals surface area contributed by atoms with Gasteiger partial charge in [0.25, 0.3) is 0 Å². The van der Waals surface area contributed by atoms with Gasteiger partial charge in [-0.05, 0) is 5.56 Å².